The van der Waals surface area contributed by atoms with E-state index in [0.29, 0.717) is 11.5 Å². The topological polar surface area (TPSA) is 66.0 Å². The summed E-state index contributed by atoms with van der Waals surface area (Å²) in [4.78, 5) is 17.6. The molecule has 1 heterocycles. The number of carbonyl (C=O) groups is 1. The van der Waals surface area contributed by atoms with Gasteiger partial charge in [-0.3, -0.25) is 9.78 Å². The second kappa shape index (κ2) is 10.6. The van der Waals surface area contributed by atoms with E-state index in [-0.39, 0.29) is 11.2 Å². The molecular formula is C22H22N4OS2. The number of aromatic nitrogens is 1. The van der Waals surface area contributed by atoms with Crippen molar-refractivity contribution in [3.63, 3.8) is 0 Å². The normalized spacial score (nSPS) is 11.3. The third-order valence-electron chi connectivity index (χ3n) is 4.01. The number of anilines is 3. The number of hydrogen-bond acceptors (Lipinski definition) is 4. The van der Waals surface area contributed by atoms with Gasteiger partial charge < -0.3 is 16.0 Å². The zero-order valence-electron chi connectivity index (χ0n) is 16.0. The van der Waals surface area contributed by atoms with Gasteiger partial charge in [-0.15, -0.1) is 11.8 Å². The molecule has 1 atom stereocenters. The van der Waals surface area contributed by atoms with Crippen LogP contribution in [0.3, 0.4) is 0 Å². The molecule has 0 aliphatic carbocycles. The summed E-state index contributed by atoms with van der Waals surface area (Å²) in [6, 6.07) is 21.2. The third kappa shape index (κ3) is 6.58. The quantitative estimate of drug-likeness (QED) is 0.350. The number of nitrogens with zero attached hydrogens (tertiary/aromatic N) is 1. The molecule has 3 rings (SSSR count). The molecule has 0 radical (unpaired) electrons. The molecule has 1 unspecified atom stereocenters. The van der Waals surface area contributed by atoms with E-state index in [9.17, 15) is 4.79 Å². The Bertz CT molecular complexity index is 951. The van der Waals surface area contributed by atoms with Crippen molar-refractivity contribution in [1.82, 2.24) is 4.98 Å². The first-order valence-electron chi connectivity index (χ1n) is 9.24. The van der Waals surface area contributed by atoms with Gasteiger partial charge in [-0.25, -0.2) is 0 Å². The molecule has 29 heavy (non-hydrogen) atoms. The summed E-state index contributed by atoms with van der Waals surface area (Å²) in [6.45, 7) is 2.00. The number of para-hydroxylation sites is 1. The van der Waals surface area contributed by atoms with Crippen molar-refractivity contribution >= 4 is 52.1 Å². The fourth-order valence-electron chi connectivity index (χ4n) is 2.61. The first-order chi connectivity index (χ1) is 14.1. The number of thioether (sulfide) groups is 1. The van der Waals surface area contributed by atoms with E-state index in [0.717, 1.165) is 22.0 Å². The summed E-state index contributed by atoms with van der Waals surface area (Å²) in [7, 11) is 0. The van der Waals surface area contributed by atoms with Crippen LogP contribution in [0.15, 0.2) is 84.0 Å². The van der Waals surface area contributed by atoms with Crippen molar-refractivity contribution in [3.8, 4) is 0 Å². The fraction of sp³-hybridized carbons (Fsp3) is 0.136. The molecule has 0 bridgehead atoms. The molecule has 0 aliphatic rings. The van der Waals surface area contributed by atoms with Gasteiger partial charge in [0.25, 0.3) is 0 Å². The van der Waals surface area contributed by atoms with Crippen LogP contribution < -0.4 is 16.0 Å². The second-order valence-corrected chi connectivity index (χ2v) is 7.90. The highest BCUT2D eigenvalue weighted by Gasteiger charge is 2.18. The van der Waals surface area contributed by atoms with Gasteiger partial charge in [0.05, 0.1) is 5.25 Å². The van der Waals surface area contributed by atoms with Crippen LogP contribution in [0, 0.1) is 0 Å². The zero-order chi connectivity index (χ0) is 20.5. The molecule has 3 N–H and O–H groups in total. The molecule has 3 aromatic rings. The average Bonchev–Trinajstić information content (AvgIpc) is 2.73. The van der Waals surface area contributed by atoms with Crippen LogP contribution in [0.1, 0.15) is 13.3 Å². The lowest BCUT2D eigenvalue weighted by Crippen LogP contribution is -2.24. The van der Waals surface area contributed by atoms with Gasteiger partial charge in [0.2, 0.25) is 5.91 Å². The van der Waals surface area contributed by atoms with Crippen molar-refractivity contribution in [1.29, 1.82) is 0 Å². The molecule has 0 aliphatic heterocycles. The maximum absolute atomic E-state index is 12.6. The molecular weight excluding hydrogens is 400 g/mol. The van der Waals surface area contributed by atoms with Crippen molar-refractivity contribution < 1.29 is 4.79 Å². The molecule has 1 amide bonds. The number of hydrogen-bond donors (Lipinski definition) is 3. The van der Waals surface area contributed by atoms with Crippen LogP contribution in [0.5, 0.6) is 0 Å². The number of pyridine rings is 1. The Morgan fingerprint density at radius 1 is 0.931 bits per heavy atom. The van der Waals surface area contributed by atoms with Gasteiger partial charge in [0.15, 0.2) is 5.11 Å². The van der Waals surface area contributed by atoms with Gasteiger partial charge in [-0.05, 0) is 61.1 Å². The lowest BCUT2D eigenvalue weighted by molar-refractivity contribution is -0.115. The molecule has 5 nitrogen and oxygen atoms in total. The number of nitrogens with one attached hydrogen (secondary N) is 3. The van der Waals surface area contributed by atoms with Crippen LogP contribution in [0.4, 0.5) is 17.1 Å². The fourth-order valence-corrected chi connectivity index (χ4v) is 3.86. The molecule has 0 saturated heterocycles. The van der Waals surface area contributed by atoms with Gasteiger partial charge in [-0.1, -0.05) is 31.2 Å². The number of carbonyl (C=O) groups excluding carboxylic acids is 1. The molecule has 7 heteroatoms. The first kappa shape index (κ1) is 20.8. The third-order valence-corrected chi connectivity index (χ3v) is 5.58. The van der Waals surface area contributed by atoms with Crippen molar-refractivity contribution in [2.45, 2.75) is 23.5 Å². The van der Waals surface area contributed by atoms with Crippen molar-refractivity contribution in [3.05, 3.63) is 79.1 Å². The zero-order valence-corrected chi connectivity index (χ0v) is 17.6. The molecule has 2 aromatic carbocycles. The number of thiocarbonyl (C=S) groups is 1. The monoisotopic (exact) mass is 422 g/mol. The molecule has 148 valence electrons. The maximum Gasteiger partial charge on any atom is 0.237 e. The predicted octanol–water partition coefficient (Wildman–Crippen LogP) is 5.40. The summed E-state index contributed by atoms with van der Waals surface area (Å²) in [5.74, 6) is -0.0247. The Balaban J connectivity index is 1.60. The molecule has 0 fully saturated rings. The van der Waals surface area contributed by atoms with Gasteiger partial charge in [-0.2, -0.15) is 0 Å². The van der Waals surface area contributed by atoms with Crippen LogP contribution in [0.2, 0.25) is 0 Å². The number of benzene rings is 2. The largest absolute Gasteiger partial charge is 0.332 e. The minimum atomic E-state index is -0.201. The lowest BCUT2D eigenvalue weighted by atomic mass is 10.3. The molecule has 0 spiro atoms. The number of amides is 1. The average molecular weight is 423 g/mol. The highest BCUT2D eigenvalue weighted by atomic mass is 32.2. The minimum absolute atomic E-state index is 0.0247. The van der Waals surface area contributed by atoms with E-state index in [2.05, 4.69) is 20.9 Å². The highest BCUT2D eigenvalue weighted by molar-refractivity contribution is 8.00. The lowest BCUT2D eigenvalue weighted by Gasteiger charge is -2.16. The Labute approximate surface area is 180 Å². The molecule has 0 saturated carbocycles. The van der Waals surface area contributed by atoms with E-state index < -0.39 is 0 Å². The minimum Gasteiger partial charge on any atom is -0.332 e. The van der Waals surface area contributed by atoms with Crippen LogP contribution in [-0.4, -0.2) is 21.3 Å². The Morgan fingerprint density at radius 3 is 2.31 bits per heavy atom. The summed E-state index contributed by atoms with van der Waals surface area (Å²) in [5.41, 5.74) is 2.54. The van der Waals surface area contributed by atoms with Crippen molar-refractivity contribution in [2.75, 3.05) is 16.0 Å². The second-order valence-electron chi connectivity index (χ2n) is 6.21. The van der Waals surface area contributed by atoms with E-state index in [1.54, 1.807) is 24.5 Å². The summed E-state index contributed by atoms with van der Waals surface area (Å²) < 4.78 is 0. The Kier molecular flexibility index (Phi) is 7.61. The van der Waals surface area contributed by atoms with Crippen LogP contribution in [-0.2, 0) is 4.79 Å². The SMILES string of the molecule is CCC(Sc1cccc(NC(=S)Nc2ccccc2)c1)C(=O)Nc1ccncc1. The van der Waals surface area contributed by atoms with Gasteiger partial charge >= 0.3 is 0 Å². The van der Waals surface area contributed by atoms with Crippen LogP contribution in [0.25, 0.3) is 0 Å². The Hall–Kier alpha value is -2.90. The first-order valence-corrected chi connectivity index (χ1v) is 10.5. The summed E-state index contributed by atoms with van der Waals surface area (Å²) in [5, 5.41) is 9.60. The van der Waals surface area contributed by atoms with E-state index in [1.807, 2.05) is 61.5 Å². The standard InChI is InChI=1S/C22H22N4OS2/c1-2-20(21(27)24-17-11-13-23-14-12-17)29-19-10-6-9-18(15-19)26-22(28)25-16-7-4-3-5-8-16/h3-15,20H,2H2,1H3,(H,23,24,27)(H2,25,26,28). The van der Waals surface area contributed by atoms with Gasteiger partial charge in [0.1, 0.15) is 0 Å². The predicted molar refractivity (Wildman–Crippen MR) is 126 cm³/mol. The van der Waals surface area contributed by atoms with Gasteiger partial charge in [0, 0.05) is 34.4 Å². The van der Waals surface area contributed by atoms with E-state index in [1.165, 1.54) is 11.8 Å². The van der Waals surface area contributed by atoms with E-state index >= 15 is 0 Å². The van der Waals surface area contributed by atoms with Crippen molar-refractivity contribution in [2.24, 2.45) is 0 Å². The summed E-state index contributed by atoms with van der Waals surface area (Å²) >= 11 is 6.92. The summed E-state index contributed by atoms with van der Waals surface area (Å²) in [6.07, 6.45) is 4.03. The molecule has 1 aromatic heterocycles. The number of rotatable bonds is 7. The van der Waals surface area contributed by atoms with Crippen LogP contribution >= 0.6 is 24.0 Å². The Morgan fingerprint density at radius 2 is 1.59 bits per heavy atom. The smallest absolute Gasteiger partial charge is 0.237 e. The highest BCUT2D eigenvalue weighted by Crippen LogP contribution is 2.28. The maximum atomic E-state index is 12.6. The van der Waals surface area contributed by atoms with E-state index in [4.69, 9.17) is 12.2 Å².